The van der Waals surface area contributed by atoms with Gasteiger partial charge in [-0.05, 0) is 44.5 Å². The molecule has 2 heterocycles. The van der Waals surface area contributed by atoms with Crippen molar-refractivity contribution in [3.8, 4) is 0 Å². The average Bonchev–Trinajstić information content (AvgIpc) is 2.88. The molecular weight excluding hydrogens is 244 g/mol. The first-order valence-electron chi connectivity index (χ1n) is 6.76. The molecule has 0 saturated carbocycles. The molecule has 5 heteroatoms. The molecule has 1 aliphatic rings. The molecule has 1 aromatic heterocycles. The summed E-state index contributed by atoms with van der Waals surface area (Å²) in [6, 6.07) is 3.53. The lowest BCUT2D eigenvalue weighted by atomic mass is 9.98. The fourth-order valence-electron chi connectivity index (χ4n) is 2.57. The van der Waals surface area contributed by atoms with E-state index < -0.39 is 0 Å². The highest BCUT2D eigenvalue weighted by Gasteiger charge is 2.25. The molecule has 1 aromatic rings. The number of methoxy groups -OCH3 is 1. The minimum atomic E-state index is -0.0110. The Balaban J connectivity index is 1.97. The largest absolute Gasteiger partial charge is 0.453 e. The molecule has 5 nitrogen and oxygen atoms in total. The number of nitrogens with one attached hydrogen (secondary N) is 1. The van der Waals surface area contributed by atoms with Gasteiger partial charge < -0.3 is 19.4 Å². The van der Waals surface area contributed by atoms with E-state index in [4.69, 9.17) is 9.15 Å². The van der Waals surface area contributed by atoms with Gasteiger partial charge in [0.15, 0.2) is 5.76 Å². The number of ether oxygens (including phenoxy) is 1. The van der Waals surface area contributed by atoms with E-state index in [1.54, 1.807) is 19.2 Å². The van der Waals surface area contributed by atoms with Crippen LogP contribution in [0.15, 0.2) is 16.5 Å². The van der Waals surface area contributed by atoms with E-state index in [0.29, 0.717) is 24.0 Å². The van der Waals surface area contributed by atoms with Gasteiger partial charge >= 0.3 is 0 Å². The molecule has 1 saturated heterocycles. The lowest BCUT2D eigenvalue weighted by Gasteiger charge is -2.32. The molecule has 1 N–H and O–H groups in total. The van der Waals surface area contributed by atoms with Gasteiger partial charge in [-0.3, -0.25) is 4.79 Å². The first kappa shape index (κ1) is 14.1. The van der Waals surface area contributed by atoms with Gasteiger partial charge in [-0.1, -0.05) is 0 Å². The minimum absolute atomic E-state index is 0.0110. The normalized spacial score (nSPS) is 19.7. The monoisotopic (exact) mass is 266 g/mol. The Morgan fingerprint density at radius 2 is 2.42 bits per heavy atom. The van der Waals surface area contributed by atoms with Gasteiger partial charge in [0, 0.05) is 20.2 Å². The predicted molar refractivity (Wildman–Crippen MR) is 72.0 cm³/mol. The van der Waals surface area contributed by atoms with Crippen LogP contribution >= 0.6 is 0 Å². The summed E-state index contributed by atoms with van der Waals surface area (Å²) < 4.78 is 10.5. The third-order valence-electron chi connectivity index (χ3n) is 3.46. The standard InChI is InChI=1S/C14H22N2O3/c1-15-8-11-4-3-7-16(9-11)14(17)13-6-5-12(19-13)10-18-2/h5-6,11,15H,3-4,7-10H2,1-2H3. The second-order valence-corrected chi connectivity index (χ2v) is 5.02. The van der Waals surface area contributed by atoms with Crippen LogP contribution in [0.2, 0.25) is 0 Å². The van der Waals surface area contributed by atoms with E-state index in [-0.39, 0.29) is 5.91 Å². The smallest absolute Gasteiger partial charge is 0.289 e. The number of amides is 1. The first-order chi connectivity index (χ1) is 9.24. The second-order valence-electron chi connectivity index (χ2n) is 5.02. The lowest BCUT2D eigenvalue weighted by Crippen LogP contribution is -2.42. The average molecular weight is 266 g/mol. The Morgan fingerprint density at radius 1 is 1.58 bits per heavy atom. The van der Waals surface area contributed by atoms with Crippen molar-refractivity contribution in [2.24, 2.45) is 5.92 Å². The third kappa shape index (κ3) is 3.58. The summed E-state index contributed by atoms with van der Waals surface area (Å²) in [6.45, 7) is 2.98. The highest BCUT2D eigenvalue weighted by atomic mass is 16.5. The molecule has 0 spiro atoms. The summed E-state index contributed by atoms with van der Waals surface area (Å²) in [5.41, 5.74) is 0. The molecule has 2 rings (SSSR count). The summed E-state index contributed by atoms with van der Waals surface area (Å²) >= 11 is 0. The molecular formula is C14H22N2O3. The second kappa shape index (κ2) is 6.73. The zero-order valence-corrected chi connectivity index (χ0v) is 11.6. The highest BCUT2D eigenvalue weighted by molar-refractivity contribution is 5.91. The Morgan fingerprint density at radius 3 is 3.16 bits per heavy atom. The Kier molecular flexibility index (Phi) is 4.99. The molecule has 106 valence electrons. The van der Waals surface area contributed by atoms with Gasteiger partial charge in [0.1, 0.15) is 12.4 Å². The Bertz CT molecular complexity index is 415. The number of rotatable bonds is 5. The first-order valence-corrected chi connectivity index (χ1v) is 6.76. The molecule has 1 unspecified atom stereocenters. The van der Waals surface area contributed by atoms with Crippen molar-refractivity contribution in [3.63, 3.8) is 0 Å². The van der Waals surface area contributed by atoms with Crippen molar-refractivity contribution in [1.82, 2.24) is 10.2 Å². The maximum Gasteiger partial charge on any atom is 0.289 e. The molecule has 19 heavy (non-hydrogen) atoms. The summed E-state index contributed by atoms with van der Waals surface area (Å²) in [5, 5.41) is 3.18. The zero-order chi connectivity index (χ0) is 13.7. The summed E-state index contributed by atoms with van der Waals surface area (Å²) in [4.78, 5) is 14.2. The molecule has 0 bridgehead atoms. The summed E-state index contributed by atoms with van der Waals surface area (Å²) in [5.74, 6) is 1.63. The van der Waals surface area contributed by atoms with Crippen molar-refractivity contribution in [2.45, 2.75) is 19.4 Å². The fraction of sp³-hybridized carbons (Fsp3) is 0.643. The van der Waals surface area contributed by atoms with Crippen LogP contribution in [0.25, 0.3) is 0 Å². The van der Waals surface area contributed by atoms with Crippen LogP contribution in [-0.2, 0) is 11.3 Å². The van der Waals surface area contributed by atoms with Gasteiger partial charge in [-0.25, -0.2) is 0 Å². The Labute approximate surface area is 113 Å². The van der Waals surface area contributed by atoms with E-state index in [0.717, 1.165) is 26.1 Å². The van der Waals surface area contributed by atoms with Crippen molar-refractivity contribution >= 4 is 5.91 Å². The van der Waals surface area contributed by atoms with Gasteiger partial charge in [0.05, 0.1) is 0 Å². The van der Waals surface area contributed by atoms with Gasteiger partial charge in [-0.2, -0.15) is 0 Å². The number of nitrogens with zero attached hydrogens (tertiary/aromatic N) is 1. The number of piperidine rings is 1. The molecule has 1 fully saturated rings. The Hall–Kier alpha value is -1.33. The third-order valence-corrected chi connectivity index (χ3v) is 3.46. The molecule has 1 aliphatic heterocycles. The van der Waals surface area contributed by atoms with Crippen LogP contribution in [0.3, 0.4) is 0 Å². The van der Waals surface area contributed by atoms with E-state index in [1.807, 2.05) is 11.9 Å². The minimum Gasteiger partial charge on any atom is -0.453 e. The number of likely N-dealkylation sites (tertiary alicyclic amines) is 1. The van der Waals surface area contributed by atoms with Crippen molar-refractivity contribution < 1.29 is 13.9 Å². The zero-order valence-electron chi connectivity index (χ0n) is 11.6. The molecule has 1 amide bonds. The maximum absolute atomic E-state index is 12.3. The van der Waals surface area contributed by atoms with Crippen molar-refractivity contribution in [1.29, 1.82) is 0 Å². The maximum atomic E-state index is 12.3. The molecule has 0 aromatic carbocycles. The number of hydrogen-bond donors (Lipinski definition) is 1. The number of carbonyl (C=O) groups excluding carboxylic acids is 1. The highest BCUT2D eigenvalue weighted by Crippen LogP contribution is 2.19. The lowest BCUT2D eigenvalue weighted by molar-refractivity contribution is 0.0635. The van der Waals surface area contributed by atoms with Gasteiger partial charge in [0.25, 0.3) is 5.91 Å². The van der Waals surface area contributed by atoms with Gasteiger partial charge in [-0.15, -0.1) is 0 Å². The topological polar surface area (TPSA) is 54.7 Å². The van der Waals surface area contributed by atoms with Crippen LogP contribution in [0, 0.1) is 5.92 Å². The van der Waals surface area contributed by atoms with Crippen LogP contribution in [-0.4, -0.2) is 44.6 Å². The van der Waals surface area contributed by atoms with E-state index in [9.17, 15) is 4.79 Å². The molecule has 1 atom stereocenters. The summed E-state index contributed by atoms with van der Waals surface area (Å²) in [7, 11) is 3.56. The van der Waals surface area contributed by atoms with E-state index >= 15 is 0 Å². The number of hydrogen-bond acceptors (Lipinski definition) is 4. The van der Waals surface area contributed by atoms with E-state index in [1.165, 1.54) is 6.42 Å². The number of furan rings is 1. The van der Waals surface area contributed by atoms with Crippen molar-refractivity contribution in [3.05, 3.63) is 23.7 Å². The number of carbonyl (C=O) groups is 1. The SMILES string of the molecule is CNCC1CCCN(C(=O)c2ccc(COC)o2)C1. The van der Waals surface area contributed by atoms with Crippen molar-refractivity contribution in [2.75, 3.05) is 33.8 Å². The van der Waals surface area contributed by atoms with Crippen LogP contribution in [0.4, 0.5) is 0 Å². The molecule has 0 aliphatic carbocycles. The summed E-state index contributed by atoms with van der Waals surface area (Å²) in [6.07, 6.45) is 2.24. The van der Waals surface area contributed by atoms with E-state index in [2.05, 4.69) is 5.32 Å². The van der Waals surface area contributed by atoms with Crippen LogP contribution in [0.1, 0.15) is 29.2 Å². The fourth-order valence-corrected chi connectivity index (χ4v) is 2.57. The predicted octanol–water partition coefficient (Wildman–Crippen LogP) is 1.50. The van der Waals surface area contributed by atoms with Crippen LogP contribution in [0.5, 0.6) is 0 Å². The quantitative estimate of drug-likeness (QED) is 0.877. The van der Waals surface area contributed by atoms with Gasteiger partial charge in [0.2, 0.25) is 0 Å². The molecule has 0 radical (unpaired) electrons. The van der Waals surface area contributed by atoms with Crippen LogP contribution < -0.4 is 5.32 Å².